The highest BCUT2D eigenvalue weighted by atomic mass is 16.2. The molecule has 5 nitrogen and oxygen atoms in total. The maximum atomic E-state index is 12.6. The van der Waals surface area contributed by atoms with Gasteiger partial charge in [-0.15, -0.1) is 0 Å². The van der Waals surface area contributed by atoms with Gasteiger partial charge in [-0.2, -0.15) is 0 Å². The Morgan fingerprint density at radius 1 is 1.29 bits per heavy atom. The quantitative estimate of drug-likeness (QED) is 0.926. The van der Waals surface area contributed by atoms with Crippen LogP contribution in [-0.4, -0.2) is 47.8 Å². The van der Waals surface area contributed by atoms with E-state index in [0.717, 1.165) is 37.1 Å². The van der Waals surface area contributed by atoms with Gasteiger partial charge in [-0.05, 0) is 43.6 Å². The molecule has 1 fully saturated rings. The van der Waals surface area contributed by atoms with Crippen molar-refractivity contribution in [1.82, 2.24) is 15.1 Å². The summed E-state index contributed by atoms with van der Waals surface area (Å²) < 4.78 is 0. The molecule has 1 aromatic rings. The number of likely N-dealkylation sites (tertiary alicyclic amines) is 1. The van der Waals surface area contributed by atoms with Crippen molar-refractivity contribution in [3.63, 3.8) is 0 Å². The molecule has 1 N–H and O–H groups in total. The van der Waals surface area contributed by atoms with E-state index in [9.17, 15) is 9.59 Å². The summed E-state index contributed by atoms with van der Waals surface area (Å²) in [5, 5.41) is 3.14. The van der Waals surface area contributed by atoms with Crippen molar-refractivity contribution in [2.24, 2.45) is 0 Å². The van der Waals surface area contributed by atoms with Crippen LogP contribution in [0.4, 0.5) is 0 Å². The van der Waals surface area contributed by atoms with Crippen LogP contribution in [0.5, 0.6) is 0 Å². The van der Waals surface area contributed by atoms with Gasteiger partial charge in [-0.1, -0.05) is 24.3 Å². The fourth-order valence-electron chi connectivity index (χ4n) is 3.66. The smallest absolute Gasteiger partial charge is 0.223 e. The molecule has 2 aliphatic heterocycles. The van der Waals surface area contributed by atoms with E-state index in [-0.39, 0.29) is 23.9 Å². The minimum Gasteiger partial charge on any atom is -0.352 e. The minimum absolute atomic E-state index is 0.0108. The third kappa shape index (κ3) is 3.67. The molecule has 1 saturated heterocycles. The lowest BCUT2D eigenvalue weighted by atomic mass is 9.93. The fourth-order valence-corrected chi connectivity index (χ4v) is 3.66. The van der Waals surface area contributed by atoms with Crippen LogP contribution < -0.4 is 5.32 Å². The topological polar surface area (TPSA) is 52.7 Å². The zero-order valence-electron chi connectivity index (χ0n) is 14.4. The maximum absolute atomic E-state index is 12.6. The van der Waals surface area contributed by atoms with Gasteiger partial charge in [0.15, 0.2) is 0 Å². The average Bonchev–Trinajstić information content (AvgIpc) is 2.54. The van der Waals surface area contributed by atoms with Gasteiger partial charge in [0, 0.05) is 25.7 Å². The molecule has 2 atom stereocenters. The molecule has 1 aromatic carbocycles. The first-order valence-electron chi connectivity index (χ1n) is 8.58. The molecular formula is C19H25N3O2. The van der Waals surface area contributed by atoms with E-state index in [1.54, 1.807) is 18.0 Å². The number of carbonyl (C=O) groups is 2. The molecule has 0 aliphatic carbocycles. The summed E-state index contributed by atoms with van der Waals surface area (Å²) in [5.74, 6) is -0.0346. The summed E-state index contributed by atoms with van der Waals surface area (Å²) in [6, 6.07) is 7.92. The predicted molar refractivity (Wildman–Crippen MR) is 94.0 cm³/mol. The van der Waals surface area contributed by atoms with Crippen molar-refractivity contribution in [2.45, 2.75) is 38.3 Å². The van der Waals surface area contributed by atoms with Crippen LogP contribution in [0.2, 0.25) is 0 Å². The summed E-state index contributed by atoms with van der Waals surface area (Å²) in [5.41, 5.74) is 2.11. The van der Waals surface area contributed by atoms with Gasteiger partial charge in [0.05, 0.1) is 12.5 Å². The zero-order valence-corrected chi connectivity index (χ0v) is 14.4. The molecule has 0 radical (unpaired) electrons. The Labute approximate surface area is 143 Å². The van der Waals surface area contributed by atoms with Crippen LogP contribution in [-0.2, 0) is 9.59 Å². The SMILES string of the molecule is CC(=O)N1C=Cc2ccccc2C1CC(=O)NC1CCCN(C)C1. The Morgan fingerprint density at radius 2 is 2.08 bits per heavy atom. The number of rotatable bonds is 3. The van der Waals surface area contributed by atoms with E-state index in [1.165, 1.54) is 0 Å². The Hall–Kier alpha value is -2.14. The minimum atomic E-state index is -0.231. The van der Waals surface area contributed by atoms with E-state index in [1.807, 2.05) is 30.3 Å². The number of fused-ring (bicyclic) bond motifs is 1. The molecule has 3 rings (SSSR count). The number of hydrogen-bond donors (Lipinski definition) is 1. The molecule has 2 heterocycles. The molecule has 0 spiro atoms. The van der Waals surface area contributed by atoms with Crippen molar-refractivity contribution in [3.05, 3.63) is 41.6 Å². The van der Waals surface area contributed by atoms with Gasteiger partial charge < -0.3 is 15.1 Å². The van der Waals surface area contributed by atoms with Gasteiger partial charge in [0.1, 0.15) is 0 Å². The van der Waals surface area contributed by atoms with Crippen LogP contribution in [0.1, 0.15) is 43.4 Å². The zero-order chi connectivity index (χ0) is 17.1. The van der Waals surface area contributed by atoms with Gasteiger partial charge in [-0.3, -0.25) is 9.59 Å². The van der Waals surface area contributed by atoms with Gasteiger partial charge >= 0.3 is 0 Å². The summed E-state index contributed by atoms with van der Waals surface area (Å²) in [6.45, 7) is 3.52. The first-order chi connectivity index (χ1) is 11.5. The lowest BCUT2D eigenvalue weighted by Gasteiger charge is -2.34. The van der Waals surface area contributed by atoms with E-state index in [0.29, 0.717) is 6.42 Å². The second-order valence-electron chi connectivity index (χ2n) is 6.76. The third-order valence-corrected chi connectivity index (χ3v) is 4.84. The van der Waals surface area contributed by atoms with Crippen molar-refractivity contribution >= 4 is 17.9 Å². The Kier molecular flexibility index (Phi) is 5.00. The van der Waals surface area contributed by atoms with Gasteiger partial charge in [-0.25, -0.2) is 0 Å². The molecule has 2 aliphatic rings. The highest BCUT2D eigenvalue weighted by Crippen LogP contribution is 2.32. The third-order valence-electron chi connectivity index (χ3n) is 4.84. The first-order valence-corrected chi connectivity index (χ1v) is 8.58. The summed E-state index contributed by atoms with van der Waals surface area (Å²) in [4.78, 5) is 28.4. The maximum Gasteiger partial charge on any atom is 0.223 e. The molecular weight excluding hydrogens is 302 g/mol. The standard InChI is InChI=1S/C19H25N3O2/c1-14(23)22-11-9-15-6-3-4-8-17(15)18(22)12-19(24)20-16-7-5-10-21(2)13-16/h3-4,6,8-9,11,16,18H,5,7,10,12-13H2,1-2H3,(H,20,24). The van der Waals surface area contributed by atoms with Crippen molar-refractivity contribution in [1.29, 1.82) is 0 Å². The van der Waals surface area contributed by atoms with E-state index in [2.05, 4.69) is 17.3 Å². The molecule has 24 heavy (non-hydrogen) atoms. The van der Waals surface area contributed by atoms with Gasteiger partial charge in [0.25, 0.3) is 0 Å². The summed E-state index contributed by atoms with van der Waals surface area (Å²) in [6.07, 6.45) is 6.14. The molecule has 128 valence electrons. The Morgan fingerprint density at radius 3 is 2.83 bits per heavy atom. The highest BCUT2D eigenvalue weighted by Gasteiger charge is 2.29. The lowest BCUT2D eigenvalue weighted by molar-refractivity contribution is -0.130. The highest BCUT2D eigenvalue weighted by molar-refractivity contribution is 5.82. The number of likely N-dealkylation sites (N-methyl/N-ethyl adjacent to an activating group) is 1. The number of hydrogen-bond acceptors (Lipinski definition) is 3. The predicted octanol–water partition coefficient (Wildman–Crippen LogP) is 2.16. The molecule has 5 heteroatoms. The number of nitrogens with zero attached hydrogens (tertiary/aromatic N) is 2. The molecule has 2 unspecified atom stereocenters. The molecule has 0 bridgehead atoms. The Bertz CT molecular complexity index is 656. The van der Waals surface area contributed by atoms with Crippen LogP contribution >= 0.6 is 0 Å². The Balaban J connectivity index is 1.72. The number of benzene rings is 1. The molecule has 0 aromatic heterocycles. The largest absolute Gasteiger partial charge is 0.352 e. The summed E-state index contributed by atoms with van der Waals surface area (Å²) >= 11 is 0. The average molecular weight is 327 g/mol. The van der Waals surface area contributed by atoms with Gasteiger partial charge in [0.2, 0.25) is 11.8 Å². The molecule has 0 saturated carbocycles. The van der Waals surface area contributed by atoms with Crippen LogP contribution in [0.25, 0.3) is 6.08 Å². The van der Waals surface area contributed by atoms with E-state index >= 15 is 0 Å². The monoisotopic (exact) mass is 327 g/mol. The number of nitrogens with one attached hydrogen (secondary N) is 1. The number of piperidine rings is 1. The lowest BCUT2D eigenvalue weighted by Crippen LogP contribution is -2.47. The van der Waals surface area contributed by atoms with E-state index < -0.39 is 0 Å². The number of amides is 2. The first kappa shape index (κ1) is 16.7. The van der Waals surface area contributed by atoms with Crippen LogP contribution in [0, 0.1) is 0 Å². The van der Waals surface area contributed by atoms with Crippen molar-refractivity contribution in [2.75, 3.05) is 20.1 Å². The van der Waals surface area contributed by atoms with Crippen LogP contribution in [0.3, 0.4) is 0 Å². The second-order valence-corrected chi connectivity index (χ2v) is 6.76. The fraction of sp³-hybridized carbons (Fsp3) is 0.474. The summed E-state index contributed by atoms with van der Waals surface area (Å²) in [7, 11) is 2.08. The van der Waals surface area contributed by atoms with Crippen molar-refractivity contribution in [3.8, 4) is 0 Å². The number of carbonyl (C=O) groups excluding carboxylic acids is 2. The van der Waals surface area contributed by atoms with Crippen LogP contribution in [0.15, 0.2) is 30.5 Å². The molecule has 2 amide bonds. The normalized spacial score (nSPS) is 23.7. The van der Waals surface area contributed by atoms with Crippen molar-refractivity contribution < 1.29 is 9.59 Å². The van der Waals surface area contributed by atoms with E-state index in [4.69, 9.17) is 0 Å². The second kappa shape index (κ2) is 7.18.